The van der Waals surface area contributed by atoms with Gasteiger partial charge in [0.1, 0.15) is 0 Å². The molecular formula is C19H27N5. The molecule has 1 atom stereocenters. The summed E-state index contributed by atoms with van der Waals surface area (Å²) in [5.74, 6) is 0.877. The van der Waals surface area contributed by atoms with Gasteiger partial charge in [0, 0.05) is 61.9 Å². The predicted octanol–water partition coefficient (Wildman–Crippen LogP) is 2.92. The van der Waals surface area contributed by atoms with Crippen LogP contribution in [0.5, 0.6) is 0 Å². The topological polar surface area (TPSA) is 45.2 Å². The van der Waals surface area contributed by atoms with Crippen LogP contribution in [0.25, 0.3) is 0 Å². The minimum atomic E-state index is 0.418. The second-order valence-corrected chi connectivity index (χ2v) is 6.73. The summed E-state index contributed by atoms with van der Waals surface area (Å²) in [5, 5.41) is 0. The Kier molecular flexibility index (Phi) is 5.75. The Labute approximate surface area is 144 Å². The molecule has 3 heterocycles. The molecular weight excluding hydrogens is 298 g/mol. The molecule has 3 rings (SSSR count). The standard InChI is InChI=1S/C19H27N5/c1-16(12-18-8-4-5-9-20-18)23(2)15-17-13-21-19(22-14-17)24-10-6-3-7-11-24/h4-5,8-9,13-14,16H,3,6-7,10-12,15H2,1-2H3. The van der Waals surface area contributed by atoms with E-state index in [-0.39, 0.29) is 0 Å². The van der Waals surface area contributed by atoms with Crippen molar-refractivity contribution in [3.63, 3.8) is 0 Å². The normalized spacial score (nSPS) is 16.4. The van der Waals surface area contributed by atoms with Crippen LogP contribution in [0.2, 0.25) is 0 Å². The first-order valence-electron chi connectivity index (χ1n) is 8.88. The van der Waals surface area contributed by atoms with Crippen molar-refractivity contribution in [3.05, 3.63) is 48.0 Å². The zero-order chi connectivity index (χ0) is 16.8. The van der Waals surface area contributed by atoms with E-state index in [1.54, 1.807) is 0 Å². The molecule has 0 spiro atoms. The van der Waals surface area contributed by atoms with Gasteiger partial charge in [0.05, 0.1) is 0 Å². The molecule has 5 nitrogen and oxygen atoms in total. The molecule has 1 saturated heterocycles. The summed E-state index contributed by atoms with van der Waals surface area (Å²) in [4.78, 5) is 18.2. The molecule has 0 aliphatic carbocycles. The van der Waals surface area contributed by atoms with E-state index in [0.717, 1.165) is 43.3 Å². The Hall–Kier alpha value is -2.01. The molecule has 0 N–H and O–H groups in total. The molecule has 0 amide bonds. The molecule has 5 heteroatoms. The van der Waals surface area contributed by atoms with Crippen LogP contribution >= 0.6 is 0 Å². The molecule has 1 aliphatic heterocycles. The quantitative estimate of drug-likeness (QED) is 0.817. The molecule has 1 unspecified atom stereocenters. The number of aromatic nitrogens is 3. The number of hydrogen-bond acceptors (Lipinski definition) is 5. The molecule has 2 aromatic rings. The van der Waals surface area contributed by atoms with Crippen molar-refractivity contribution in [3.8, 4) is 0 Å². The van der Waals surface area contributed by atoms with E-state index in [1.165, 1.54) is 19.3 Å². The van der Waals surface area contributed by atoms with Gasteiger partial charge in [0.2, 0.25) is 5.95 Å². The monoisotopic (exact) mass is 325 g/mol. The van der Waals surface area contributed by atoms with Crippen molar-refractivity contribution in [2.45, 2.75) is 45.2 Å². The number of hydrogen-bond donors (Lipinski definition) is 0. The third-order valence-electron chi connectivity index (χ3n) is 4.75. The third-order valence-corrected chi connectivity index (χ3v) is 4.75. The van der Waals surface area contributed by atoms with Gasteiger partial charge >= 0.3 is 0 Å². The van der Waals surface area contributed by atoms with E-state index in [0.29, 0.717) is 6.04 Å². The number of piperidine rings is 1. The van der Waals surface area contributed by atoms with Crippen molar-refractivity contribution < 1.29 is 0 Å². The van der Waals surface area contributed by atoms with Crippen molar-refractivity contribution >= 4 is 5.95 Å². The predicted molar refractivity (Wildman–Crippen MR) is 97.0 cm³/mol. The average molecular weight is 325 g/mol. The van der Waals surface area contributed by atoms with Gasteiger partial charge in [0.25, 0.3) is 0 Å². The van der Waals surface area contributed by atoms with Crippen molar-refractivity contribution in [2.24, 2.45) is 0 Å². The largest absolute Gasteiger partial charge is 0.341 e. The highest BCUT2D eigenvalue weighted by molar-refractivity contribution is 5.30. The van der Waals surface area contributed by atoms with E-state index < -0.39 is 0 Å². The lowest BCUT2D eigenvalue weighted by Gasteiger charge is -2.27. The summed E-state index contributed by atoms with van der Waals surface area (Å²) in [5.41, 5.74) is 2.29. The summed E-state index contributed by atoms with van der Waals surface area (Å²) in [6, 6.07) is 6.50. The summed E-state index contributed by atoms with van der Waals surface area (Å²) >= 11 is 0. The fraction of sp³-hybridized carbons (Fsp3) is 0.526. The molecule has 24 heavy (non-hydrogen) atoms. The molecule has 0 radical (unpaired) electrons. The zero-order valence-electron chi connectivity index (χ0n) is 14.7. The lowest BCUT2D eigenvalue weighted by Crippen LogP contribution is -2.32. The van der Waals surface area contributed by atoms with Crippen LogP contribution in [0.3, 0.4) is 0 Å². The molecule has 0 saturated carbocycles. The molecule has 1 aliphatic rings. The van der Waals surface area contributed by atoms with E-state index >= 15 is 0 Å². The van der Waals surface area contributed by atoms with E-state index in [4.69, 9.17) is 0 Å². The SMILES string of the molecule is CC(Cc1ccccn1)N(C)Cc1cnc(N2CCCCC2)nc1. The Morgan fingerprint density at radius 3 is 2.50 bits per heavy atom. The first kappa shape index (κ1) is 16.8. The Balaban J connectivity index is 1.54. The maximum Gasteiger partial charge on any atom is 0.225 e. The molecule has 1 fully saturated rings. The summed E-state index contributed by atoms with van der Waals surface area (Å²) in [6.07, 6.45) is 10.6. The Morgan fingerprint density at radius 2 is 1.83 bits per heavy atom. The van der Waals surface area contributed by atoms with Gasteiger partial charge in [0.15, 0.2) is 0 Å². The molecule has 128 valence electrons. The highest BCUT2D eigenvalue weighted by Crippen LogP contribution is 2.16. The maximum absolute atomic E-state index is 4.57. The summed E-state index contributed by atoms with van der Waals surface area (Å²) in [7, 11) is 2.14. The number of likely N-dealkylation sites (N-methyl/N-ethyl adjacent to an activating group) is 1. The highest BCUT2D eigenvalue weighted by Gasteiger charge is 2.14. The number of anilines is 1. The van der Waals surface area contributed by atoms with Gasteiger partial charge in [-0.25, -0.2) is 9.97 Å². The van der Waals surface area contributed by atoms with Crippen LogP contribution in [0.4, 0.5) is 5.95 Å². The molecule has 0 bridgehead atoms. The molecule has 0 aromatic carbocycles. The lowest BCUT2D eigenvalue weighted by molar-refractivity contribution is 0.246. The van der Waals surface area contributed by atoms with Crippen LogP contribution < -0.4 is 4.90 Å². The fourth-order valence-electron chi connectivity index (χ4n) is 3.11. The zero-order valence-corrected chi connectivity index (χ0v) is 14.7. The molecule has 2 aromatic heterocycles. The number of pyridine rings is 1. The highest BCUT2D eigenvalue weighted by atomic mass is 15.2. The number of nitrogens with zero attached hydrogens (tertiary/aromatic N) is 5. The van der Waals surface area contributed by atoms with Crippen molar-refractivity contribution in [1.29, 1.82) is 0 Å². The third kappa shape index (κ3) is 4.51. The van der Waals surface area contributed by atoms with E-state index in [1.807, 2.05) is 30.7 Å². The minimum Gasteiger partial charge on any atom is -0.341 e. The van der Waals surface area contributed by atoms with Gasteiger partial charge in [-0.3, -0.25) is 9.88 Å². The summed E-state index contributed by atoms with van der Waals surface area (Å²) in [6.45, 7) is 5.26. The lowest BCUT2D eigenvalue weighted by atomic mass is 10.1. The summed E-state index contributed by atoms with van der Waals surface area (Å²) < 4.78 is 0. The van der Waals surface area contributed by atoms with Crippen LogP contribution in [0.1, 0.15) is 37.4 Å². The van der Waals surface area contributed by atoms with Crippen molar-refractivity contribution in [2.75, 3.05) is 25.0 Å². The Morgan fingerprint density at radius 1 is 1.08 bits per heavy atom. The average Bonchev–Trinajstić information content (AvgIpc) is 2.64. The Bertz CT molecular complexity index is 607. The van der Waals surface area contributed by atoms with E-state index in [9.17, 15) is 0 Å². The van der Waals surface area contributed by atoms with Gasteiger partial charge < -0.3 is 4.90 Å². The fourth-order valence-corrected chi connectivity index (χ4v) is 3.11. The van der Waals surface area contributed by atoms with Gasteiger partial charge in [-0.15, -0.1) is 0 Å². The second kappa shape index (κ2) is 8.20. The maximum atomic E-state index is 4.57. The van der Waals surface area contributed by atoms with Gasteiger partial charge in [-0.1, -0.05) is 6.07 Å². The number of rotatable bonds is 6. The minimum absolute atomic E-state index is 0.418. The van der Waals surface area contributed by atoms with E-state index in [2.05, 4.69) is 44.8 Å². The van der Waals surface area contributed by atoms with Gasteiger partial charge in [-0.05, 0) is 45.4 Å². The van der Waals surface area contributed by atoms with Gasteiger partial charge in [-0.2, -0.15) is 0 Å². The van der Waals surface area contributed by atoms with Crippen LogP contribution in [-0.2, 0) is 13.0 Å². The first-order chi connectivity index (χ1) is 11.7. The van der Waals surface area contributed by atoms with Crippen molar-refractivity contribution in [1.82, 2.24) is 19.9 Å². The van der Waals surface area contributed by atoms with Crippen LogP contribution in [0, 0.1) is 0 Å². The smallest absolute Gasteiger partial charge is 0.225 e. The second-order valence-electron chi connectivity index (χ2n) is 6.73. The first-order valence-corrected chi connectivity index (χ1v) is 8.88. The van der Waals surface area contributed by atoms with Crippen LogP contribution in [-0.4, -0.2) is 46.0 Å². The van der Waals surface area contributed by atoms with Crippen LogP contribution in [0.15, 0.2) is 36.8 Å².